The van der Waals surface area contributed by atoms with Crippen molar-refractivity contribution >= 4 is 33.3 Å². The summed E-state index contributed by atoms with van der Waals surface area (Å²) in [7, 11) is 0. The van der Waals surface area contributed by atoms with Gasteiger partial charge in [0.25, 0.3) is 0 Å². The largest absolute Gasteiger partial charge is 0.229 e. The van der Waals surface area contributed by atoms with Crippen molar-refractivity contribution in [3.05, 3.63) is 29.4 Å². The second-order valence-electron chi connectivity index (χ2n) is 3.82. The fourth-order valence-corrected chi connectivity index (χ4v) is 4.20. The second kappa shape index (κ2) is 4.18. The first-order valence-corrected chi connectivity index (χ1v) is 7.19. The van der Waals surface area contributed by atoms with Gasteiger partial charge in [0.05, 0.1) is 0 Å². The summed E-state index contributed by atoms with van der Waals surface area (Å²) in [6, 6.07) is 0. The molecule has 0 atom stereocenters. The quantitative estimate of drug-likeness (QED) is 0.472. The Labute approximate surface area is 103 Å². The van der Waals surface area contributed by atoms with Crippen LogP contribution in [-0.4, -0.2) is 15.7 Å². The maximum atomic E-state index is 4.40. The van der Waals surface area contributed by atoms with Crippen LogP contribution in [0.2, 0.25) is 0 Å². The molecule has 0 fully saturated rings. The van der Waals surface area contributed by atoms with Gasteiger partial charge in [-0.3, -0.25) is 0 Å². The van der Waals surface area contributed by atoms with Crippen LogP contribution < -0.4 is 0 Å². The summed E-state index contributed by atoms with van der Waals surface area (Å²) < 4.78 is 0. The van der Waals surface area contributed by atoms with Crippen molar-refractivity contribution in [2.24, 2.45) is 0 Å². The van der Waals surface area contributed by atoms with Crippen molar-refractivity contribution in [1.29, 1.82) is 0 Å². The smallest absolute Gasteiger partial charge is 0.128 e. The van der Waals surface area contributed by atoms with Crippen LogP contribution in [0.25, 0.3) is 10.2 Å². The molecule has 0 saturated carbocycles. The molecule has 0 N–H and O–H groups in total. The van der Waals surface area contributed by atoms with E-state index in [1.165, 1.54) is 35.1 Å². The van der Waals surface area contributed by atoms with Gasteiger partial charge in [0, 0.05) is 16.0 Å². The average Bonchev–Trinajstić information content (AvgIpc) is 2.85. The fourth-order valence-electron chi connectivity index (χ4n) is 2.15. The Morgan fingerprint density at radius 3 is 3.25 bits per heavy atom. The SMILES string of the molecule is C=CCSc1ncnc2sc3c(c12)CCC3. The molecule has 2 heterocycles. The summed E-state index contributed by atoms with van der Waals surface area (Å²) in [6.45, 7) is 3.75. The Morgan fingerprint density at radius 2 is 2.38 bits per heavy atom. The third kappa shape index (κ3) is 1.57. The number of aryl methyl sites for hydroxylation is 2. The maximum absolute atomic E-state index is 4.40. The summed E-state index contributed by atoms with van der Waals surface area (Å²) in [5, 5.41) is 2.44. The Morgan fingerprint density at radius 1 is 1.44 bits per heavy atom. The number of hydrogen-bond acceptors (Lipinski definition) is 4. The molecule has 0 aromatic carbocycles. The number of fused-ring (bicyclic) bond motifs is 3. The highest BCUT2D eigenvalue weighted by Gasteiger charge is 2.20. The standard InChI is InChI=1S/C12H12N2S2/c1-2-6-15-11-10-8-4-3-5-9(8)16-12(10)14-7-13-11/h2,7H,1,3-6H2. The molecule has 4 heteroatoms. The van der Waals surface area contributed by atoms with Gasteiger partial charge < -0.3 is 0 Å². The highest BCUT2D eigenvalue weighted by molar-refractivity contribution is 7.99. The lowest BCUT2D eigenvalue weighted by molar-refractivity contribution is 0.915. The molecule has 1 aliphatic carbocycles. The summed E-state index contributed by atoms with van der Waals surface area (Å²) in [5.74, 6) is 0.913. The van der Waals surface area contributed by atoms with Crippen LogP contribution in [0.4, 0.5) is 0 Å². The van der Waals surface area contributed by atoms with Crippen molar-refractivity contribution in [2.45, 2.75) is 24.3 Å². The molecule has 2 aromatic rings. The first kappa shape index (κ1) is 10.3. The Kier molecular flexibility index (Phi) is 2.69. The van der Waals surface area contributed by atoms with Gasteiger partial charge >= 0.3 is 0 Å². The van der Waals surface area contributed by atoms with Crippen LogP contribution in [0.5, 0.6) is 0 Å². The Bertz CT molecular complexity index is 545. The normalized spacial score (nSPS) is 14.2. The molecule has 0 aliphatic heterocycles. The van der Waals surface area contributed by atoms with Gasteiger partial charge in [-0.2, -0.15) is 0 Å². The maximum Gasteiger partial charge on any atom is 0.128 e. The molecule has 1 aliphatic rings. The number of rotatable bonds is 3. The van der Waals surface area contributed by atoms with Crippen LogP contribution in [0.1, 0.15) is 16.9 Å². The van der Waals surface area contributed by atoms with E-state index in [0.717, 1.165) is 15.6 Å². The van der Waals surface area contributed by atoms with Crippen LogP contribution in [0.3, 0.4) is 0 Å². The minimum Gasteiger partial charge on any atom is -0.229 e. The number of thioether (sulfide) groups is 1. The molecule has 0 bridgehead atoms. The number of thiophene rings is 1. The zero-order chi connectivity index (χ0) is 11.0. The molecule has 0 saturated heterocycles. The van der Waals surface area contributed by atoms with Gasteiger partial charge in [-0.05, 0) is 24.8 Å². The van der Waals surface area contributed by atoms with E-state index in [1.54, 1.807) is 18.1 Å². The summed E-state index contributed by atoms with van der Waals surface area (Å²) in [4.78, 5) is 11.5. The van der Waals surface area contributed by atoms with E-state index in [2.05, 4.69) is 16.5 Å². The van der Waals surface area contributed by atoms with Crippen molar-refractivity contribution in [1.82, 2.24) is 9.97 Å². The second-order valence-corrected chi connectivity index (χ2v) is 5.91. The lowest BCUT2D eigenvalue weighted by Gasteiger charge is -2.01. The van der Waals surface area contributed by atoms with Crippen molar-refractivity contribution in [3.8, 4) is 0 Å². The minimum atomic E-state index is 0.913. The van der Waals surface area contributed by atoms with Crippen LogP contribution >= 0.6 is 23.1 Å². The summed E-state index contributed by atoms with van der Waals surface area (Å²) >= 11 is 3.60. The highest BCUT2D eigenvalue weighted by atomic mass is 32.2. The van der Waals surface area contributed by atoms with Crippen molar-refractivity contribution in [3.63, 3.8) is 0 Å². The van der Waals surface area contributed by atoms with Gasteiger partial charge in [0.15, 0.2) is 0 Å². The van der Waals surface area contributed by atoms with E-state index in [4.69, 9.17) is 0 Å². The molecule has 0 amide bonds. The first-order valence-electron chi connectivity index (χ1n) is 5.39. The van der Waals surface area contributed by atoms with Crippen LogP contribution in [0.15, 0.2) is 24.0 Å². The van der Waals surface area contributed by atoms with E-state index >= 15 is 0 Å². The van der Waals surface area contributed by atoms with Crippen molar-refractivity contribution in [2.75, 3.05) is 5.75 Å². The van der Waals surface area contributed by atoms with Gasteiger partial charge in [-0.25, -0.2) is 9.97 Å². The summed E-state index contributed by atoms with van der Waals surface area (Å²) in [6.07, 6.45) is 7.31. The van der Waals surface area contributed by atoms with Crippen LogP contribution in [0, 0.1) is 0 Å². The molecule has 16 heavy (non-hydrogen) atoms. The third-order valence-corrected chi connectivity index (χ3v) is 4.99. The van der Waals surface area contributed by atoms with E-state index in [0.29, 0.717) is 0 Å². The van der Waals surface area contributed by atoms with Gasteiger partial charge in [0.2, 0.25) is 0 Å². The lowest BCUT2D eigenvalue weighted by atomic mass is 10.2. The minimum absolute atomic E-state index is 0.913. The van der Waals surface area contributed by atoms with Gasteiger partial charge in [-0.15, -0.1) is 29.7 Å². The molecule has 2 nitrogen and oxygen atoms in total. The molecular weight excluding hydrogens is 236 g/mol. The topological polar surface area (TPSA) is 25.8 Å². The lowest BCUT2D eigenvalue weighted by Crippen LogP contribution is -1.87. The molecular formula is C12H12N2S2. The molecule has 0 spiro atoms. The Balaban J connectivity index is 2.16. The van der Waals surface area contributed by atoms with Gasteiger partial charge in [0.1, 0.15) is 16.2 Å². The van der Waals surface area contributed by atoms with E-state index in [1.807, 2.05) is 17.4 Å². The van der Waals surface area contributed by atoms with Crippen LogP contribution in [-0.2, 0) is 12.8 Å². The molecule has 82 valence electrons. The molecule has 3 rings (SSSR count). The molecule has 0 unspecified atom stereocenters. The Hall–Kier alpha value is -0.870. The number of nitrogens with zero attached hydrogens (tertiary/aromatic N) is 2. The monoisotopic (exact) mass is 248 g/mol. The predicted molar refractivity (Wildman–Crippen MR) is 70.4 cm³/mol. The molecule has 2 aromatic heterocycles. The highest BCUT2D eigenvalue weighted by Crippen LogP contribution is 2.39. The summed E-state index contributed by atoms with van der Waals surface area (Å²) in [5.41, 5.74) is 1.51. The van der Waals surface area contributed by atoms with Gasteiger partial charge in [-0.1, -0.05) is 6.08 Å². The first-order chi connectivity index (χ1) is 7.90. The third-order valence-electron chi connectivity index (χ3n) is 2.80. The number of aromatic nitrogens is 2. The number of hydrogen-bond donors (Lipinski definition) is 0. The zero-order valence-electron chi connectivity index (χ0n) is 8.90. The van der Waals surface area contributed by atoms with E-state index in [-0.39, 0.29) is 0 Å². The van der Waals surface area contributed by atoms with Crippen molar-refractivity contribution < 1.29 is 0 Å². The zero-order valence-corrected chi connectivity index (χ0v) is 10.5. The van der Waals surface area contributed by atoms with E-state index < -0.39 is 0 Å². The predicted octanol–water partition coefficient (Wildman–Crippen LogP) is 3.46. The van der Waals surface area contributed by atoms with E-state index in [9.17, 15) is 0 Å². The molecule has 0 radical (unpaired) electrons. The fraction of sp³-hybridized carbons (Fsp3) is 0.333. The average molecular weight is 248 g/mol.